The number of fused-ring (bicyclic) bond motifs is 13. The summed E-state index contributed by atoms with van der Waals surface area (Å²) in [5.74, 6) is 0.761. The van der Waals surface area contributed by atoms with Gasteiger partial charge in [-0.3, -0.25) is 4.90 Å². The Kier molecular flexibility index (Phi) is 5.25. The minimum Gasteiger partial charge on any atom is -0.468 e. The standard InChI is InChI=1S/C43H25BN2O3S/c1-3-13-26(14-4-1)45-31-18-11-19-32-36(31)44(42-38(45)29-22-23-35-30(39(29)48-42)24-25-12-7-10-21-34(25)50-35)37-41-40(28-17-8-9-20-33(28)47-41)49-43(37)46(32)27-15-5-2-6-16-27/h1-23H,24H2. The zero-order valence-electron chi connectivity index (χ0n) is 26.6. The first-order valence-electron chi connectivity index (χ1n) is 16.9. The van der Waals surface area contributed by atoms with Crippen LogP contribution >= 0.6 is 11.8 Å². The summed E-state index contributed by atoms with van der Waals surface area (Å²) in [6, 6.07) is 49.1. The van der Waals surface area contributed by atoms with Crippen LogP contribution in [0.2, 0.25) is 0 Å². The third kappa shape index (κ3) is 3.44. The highest BCUT2D eigenvalue weighted by atomic mass is 32.2. The Morgan fingerprint density at radius 1 is 0.520 bits per heavy atom. The van der Waals surface area contributed by atoms with Gasteiger partial charge in [-0.1, -0.05) is 84.6 Å². The highest BCUT2D eigenvalue weighted by Crippen LogP contribution is 2.50. The molecule has 0 atom stereocenters. The summed E-state index contributed by atoms with van der Waals surface area (Å²) in [5, 5.41) is 2.07. The van der Waals surface area contributed by atoms with Crippen molar-refractivity contribution in [3.8, 4) is 0 Å². The normalized spacial score (nSPS) is 14.1. The monoisotopic (exact) mass is 660 g/mol. The van der Waals surface area contributed by atoms with Crippen molar-refractivity contribution in [2.45, 2.75) is 16.2 Å². The van der Waals surface area contributed by atoms with Gasteiger partial charge in [0.1, 0.15) is 16.8 Å². The molecular weight excluding hydrogens is 635 g/mol. The maximum absolute atomic E-state index is 7.34. The molecule has 0 spiro atoms. The number of para-hydroxylation sites is 3. The van der Waals surface area contributed by atoms with Gasteiger partial charge < -0.3 is 18.2 Å². The van der Waals surface area contributed by atoms with Crippen molar-refractivity contribution >= 4 is 102 Å². The molecule has 3 aliphatic heterocycles. The predicted octanol–water partition coefficient (Wildman–Crippen LogP) is 10.1. The molecule has 9 aromatic rings. The minimum absolute atomic E-state index is 0.264. The van der Waals surface area contributed by atoms with E-state index in [4.69, 9.17) is 13.3 Å². The number of benzene rings is 6. The smallest absolute Gasteiger partial charge is 0.306 e. The van der Waals surface area contributed by atoms with Gasteiger partial charge >= 0.3 is 6.71 Å². The van der Waals surface area contributed by atoms with Crippen molar-refractivity contribution in [1.29, 1.82) is 0 Å². The third-order valence-electron chi connectivity index (χ3n) is 10.5. The first-order valence-corrected chi connectivity index (χ1v) is 17.7. The second-order valence-electron chi connectivity index (χ2n) is 13.2. The lowest BCUT2D eigenvalue weighted by Crippen LogP contribution is -2.60. The molecule has 0 saturated heterocycles. The number of rotatable bonds is 2. The Bertz CT molecular complexity index is 2860. The SMILES string of the molecule is c1ccc(N2c3cccc4c3B(c3oc5c6c(ccc5c3N4c3ccccc3)Sc3ccccc3C6)c3c2oc2c3oc3ccccc32)cc1. The van der Waals surface area contributed by atoms with E-state index in [1.54, 1.807) is 0 Å². The van der Waals surface area contributed by atoms with E-state index in [0.717, 1.165) is 90.4 Å². The zero-order valence-corrected chi connectivity index (χ0v) is 27.4. The summed E-state index contributed by atoms with van der Waals surface area (Å²) in [7, 11) is 0. The molecule has 12 rings (SSSR count). The first-order chi connectivity index (χ1) is 24.8. The molecule has 0 bridgehead atoms. The molecule has 50 heavy (non-hydrogen) atoms. The highest BCUT2D eigenvalue weighted by Gasteiger charge is 2.50. The van der Waals surface area contributed by atoms with Gasteiger partial charge in [-0.15, -0.1) is 0 Å². The molecule has 7 heteroatoms. The minimum atomic E-state index is -0.264. The van der Waals surface area contributed by atoms with E-state index in [1.165, 1.54) is 20.9 Å². The van der Waals surface area contributed by atoms with E-state index in [2.05, 4.69) is 125 Å². The van der Waals surface area contributed by atoms with Gasteiger partial charge in [-0.25, -0.2) is 0 Å². The van der Waals surface area contributed by atoms with Gasteiger partial charge in [0, 0.05) is 55.4 Å². The largest absolute Gasteiger partial charge is 0.468 e. The van der Waals surface area contributed by atoms with E-state index in [-0.39, 0.29) is 6.71 Å². The van der Waals surface area contributed by atoms with Gasteiger partial charge in [-0.05, 0) is 77.8 Å². The van der Waals surface area contributed by atoms with Crippen LogP contribution in [0.15, 0.2) is 163 Å². The molecule has 0 N–H and O–H groups in total. The molecular formula is C43H25BN2O3S. The number of hydrogen-bond donors (Lipinski definition) is 0. The molecule has 0 aliphatic carbocycles. The number of hydrogen-bond acceptors (Lipinski definition) is 6. The van der Waals surface area contributed by atoms with Gasteiger partial charge in [0.2, 0.25) is 5.88 Å². The molecule has 5 nitrogen and oxygen atoms in total. The number of furan rings is 3. The molecule has 0 unspecified atom stereocenters. The predicted molar refractivity (Wildman–Crippen MR) is 203 cm³/mol. The number of nitrogens with zero attached hydrogens (tertiary/aromatic N) is 2. The van der Waals surface area contributed by atoms with E-state index in [9.17, 15) is 0 Å². The summed E-state index contributed by atoms with van der Waals surface area (Å²) in [6.45, 7) is -0.264. The molecule has 3 aliphatic rings. The Balaban J connectivity index is 1.21. The number of anilines is 6. The lowest BCUT2D eigenvalue weighted by atomic mass is 9.36. The van der Waals surface area contributed by atoms with Crippen LogP contribution in [0, 0.1) is 0 Å². The van der Waals surface area contributed by atoms with Crippen LogP contribution in [0.1, 0.15) is 11.1 Å². The molecule has 6 heterocycles. The Morgan fingerprint density at radius 2 is 1.24 bits per heavy atom. The molecule has 3 aromatic heterocycles. The summed E-state index contributed by atoms with van der Waals surface area (Å²) in [4.78, 5) is 7.20. The summed E-state index contributed by atoms with van der Waals surface area (Å²) >= 11 is 1.83. The van der Waals surface area contributed by atoms with Crippen LogP contribution in [-0.4, -0.2) is 6.71 Å². The van der Waals surface area contributed by atoms with E-state index in [0.29, 0.717) is 0 Å². The maximum atomic E-state index is 7.34. The van der Waals surface area contributed by atoms with Crippen LogP contribution in [0.3, 0.4) is 0 Å². The van der Waals surface area contributed by atoms with Crippen LogP contribution < -0.4 is 26.4 Å². The van der Waals surface area contributed by atoms with Crippen molar-refractivity contribution in [3.63, 3.8) is 0 Å². The topological polar surface area (TPSA) is 45.9 Å². The van der Waals surface area contributed by atoms with Gasteiger partial charge in [0.25, 0.3) is 0 Å². The third-order valence-corrected chi connectivity index (χ3v) is 11.8. The first kappa shape index (κ1) is 26.9. The lowest BCUT2D eigenvalue weighted by molar-refractivity contribution is 0.621. The summed E-state index contributed by atoms with van der Waals surface area (Å²) in [5.41, 5.74) is 14.2. The van der Waals surface area contributed by atoms with Crippen molar-refractivity contribution in [2.24, 2.45) is 0 Å². The Labute approximate surface area is 291 Å². The average Bonchev–Trinajstić information content (AvgIpc) is 3.85. The fourth-order valence-corrected chi connectivity index (χ4v) is 9.54. The van der Waals surface area contributed by atoms with Crippen LogP contribution in [-0.2, 0) is 6.42 Å². The quantitative estimate of drug-likeness (QED) is 0.172. The van der Waals surface area contributed by atoms with Crippen molar-refractivity contribution < 1.29 is 13.3 Å². The second kappa shape index (κ2) is 9.77. The van der Waals surface area contributed by atoms with Crippen LogP contribution in [0.5, 0.6) is 0 Å². The van der Waals surface area contributed by atoms with Gasteiger partial charge in [0.15, 0.2) is 11.2 Å². The Morgan fingerprint density at radius 3 is 2.08 bits per heavy atom. The van der Waals surface area contributed by atoms with Crippen molar-refractivity contribution in [1.82, 2.24) is 0 Å². The van der Waals surface area contributed by atoms with Crippen molar-refractivity contribution in [2.75, 3.05) is 9.80 Å². The van der Waals surface area contributed by atoms with E-state index >= 15 is 0 Å². The Hall–Kier alpha value is -6.05. The summed E-state index contributed by atoms with van der Waals surface area (Å²) < 4.78 is 21.0. The van der Waals surface area contributed by atoms with E-state index in [1.807, 2.05) is 36.0 Å². The van der Waals surface area contributed by atoms with Crippen LogP contribution in [0.25, 0.3) is 33.1 Å². The second-order valence-corrected chi connectivity index (χ2v) is 14.3. The molecule has 0 fully saturated rings. The average molecular weight is 661 g/mol. The summed E-state index contributed by atoms with van der Waals surface area (Å²) in [6.07, 6.45) is 0.822. The van der Waals surface area contributed by atoms with Gasteiger partial charge in [0.05, 0.1) is 11.1 Å². The molecule has 6 aromatic carbocycles. The maximum Gasteiger partial charge on any atom is 0.306 e. The highest BCUT2D eigenvalue weighted by molar-refractivity contribution is 7.99. The van der Waals surface area contributed by atoms with Crippen molar-refractivity contribution in [3.05, 3.63) is 151 Å². The van der Waals surface area contributed by atoms with Crippen LogP contribution in [0.4, 0.5) is 34.3 Å². The zero-order chi connectivity index (χ0) is 32.5. The fraction of sp³-hybridized carbons (Fsp3) is 0.0233. The van der Waals surface area contributed by atoms with E-state index < -0.39 is 0 Å². The molecule has 0 radical (unpaired) electrons. The molecule has 234 valence electrons. The molecule has 0 amide bonds. The molecule has 0 saturated carbocycles. The lowest BCUT2D eigenvalue weighted by Gasteiger charge is -2.40. The fourth-order valence-electron chi connectivity index (χ4n) is 8.46. The van der Waals surface area contributed by atoms with Gasteiger partial charge in [-0.2, -0.15) is 0 Å².